The largest absolute Gasteiger partial charge is 0.543 e. The molecule has 0 aliphatic carbocycles. The molecule has 0 fully saturated rings. The molecule has 0 bridgehead atoms. The van der Waals surface area contributed by atoms with Gasteiger partial charge >= 0.3 is 0 Å². The van der Waals surface area contributed by atoms with Crippen LogP contribution in [0.1, 0.15) is 36.7 Å². The Morgan fingerprint density at radius 3 is 2.21 bits per heavy atom. The number of benzene rings is 2. The van der Waals surface area contributed by atoms with Gasteiger partial charge in [0.1, 0.15) is 11.6 Å². The predicted octanol–water partition coefficient (Wildman–Crippen LogP) is 5.02. The lowest BCUT2D eigenvalue weighted by Crippen LogP contribution is -2.43. The minimum Gasteiger partial charge on any atom is -0.543 e. The van der Waals surface area contributed by atoms with E-state index in [1.165, 1.54) is 24.3 Å². The maximum absolute atomic E-state index is 13.0. The standard InChI is InChI=1S/C19H24FNO2Si/c1-19(2,3)24(4,5)23-15-10-11-17(21)16(12-15)18(22)13-6-8-14(20)9-7-13/h6-12H,21H2,1-5H3. The highest BCUT2D eigenvalue weighted by atomic mass is 28.4. The zero-order valence-corrected chi connectivity index (χ0v) is 15.8. The van der Waals surface area contributed by atoms with E-state index in [0.717, 1.165) is 0 Å². The Kier molecular flexibility index (Phi) is 4.85. The van der Waals surface area contributed by atoms with Crippen LogP contribution >= 0.6 is 0 Å². The van der Waals surface area contributed by atoms with Crippen molar-refractivity contribution in [3.8, 4) is 5.75 Å². The number of nitrogens with two attached hydrogens (primary N) is 1. The molecule has 2 aromatic carbocycles. The third-order valence-corrected chi connectivity index (χ3v) is 8.91. The van der Waals surface area contributed by atoms with Crippen LogP contribution in [0.4, 0.5) is 10.1 Å². The summed E-state index contributed by atoms with van der Waals surface area (Å²) in [5.74, 6) is 0.0176. The molecule has 0 atom stereocenters. The molecule has 0 amide bonds. The number of hydrogen-bond acceptors (Lipinski definition) is 3. The lowest BCUT2D eigenvalue weighted by molar-refractivity contribution is 0.103. The van der Waals surface area contributed by atoms with Crippen LogP contribution in [0.2, 0.25) is 18.1 Å². The second-order valence-corrected chi connectivity index (χ2v) is 12.2. The summed E-state index contributed by atoms with van der Waals surface area (Å²) in [5, 5.41) is 0.0511. The highest BCUT2D eigenvalue weighted by molar-refractivity contribution is 6.74. The maximum Gasteiger partial charge on any atom is 0.250 e. The average molecular weight is 345 g/mol. The summed E-state index contributed by atoms with van der Waals surface area (Å²) in [5.41, 5.74) is 7.12. The first-order valence-electron chi connectivity index (χ1n) is 7.90. The molecule has 0 unspecified atom stereocenters. The van der Waals surface area contributed by atoms with Crippen molar-refractivity contribution >= 4 is 19.8 Å². The Bertz CT molecular complexity index is 749. The number of hydrogen-bond donors (Lipinski definition) is 1. The topological polar surface area (TPSA) is 52.3 Å². The molecule has 2 N–H and O–H groups in total. The van der Waals surface area contributed by atoms with Crippen molar-refractivity contribution in [2.24, 2.45) is 0 Å². The van der Waals surface area contributed by atoms with Gasteiger partial charge < -0.3 is 10.2 Å². The smallest absolute Gasteiger partial charge is 0.250 e. The molecular formula is C19H24FNO2Si. The van der Waals surface area contributed by atoms with Crippen LogP contribution in [0.25, 0.3) is 0 Å². The van der Waals surface area contributed by atoms with Crippen molar-refractivity contribution in [3.05, 3.63) is 59.4 Å². The van der Waals surface area contributed by atoms with Gasteiger partial charge in [0.2, 0.25) is 8.32 Å². The van der Waals surface area contributed by atoms with Crippen LogP contribution in [0, 0.1) is 5.82 Å². The molecule has 2 rings (SSSR count). The molecule has 0 heterocycles. The average Bonchev–Trinajstić information content (AvgIpc) is 2.48. The number of ketones is 1. The summed E-state index contributed by atoms with van der Waals surface area (Å²) in [6, 6.07) is 10.6. The van der Waals surface area contributed by atoms with E-state index >= 15 is 0 Å². The Morgan fingerprint density at radius 2 is 1.67 bits per heavy atom. The number of rotatable bonds is 4. The molecule has 0 aliphatic rings. The van der Waals surface area contributed by atoms with Crippen molar-refractivity contribution < 1.29 is 13.6 Å². The second-order valence-electron chi connectivity index (χ2n) is 7.45. The molecule has 5 heteroatoms. The zero-order chi connectivity index (χ0) is 18.1. The first-order valence-corrected chi connectivity index (χ1v) is 10.8. The van der Waals surface area contributed by atoms with Gasteiger partial charge in [-0.25, -0.2) is 4.39 Å². The fourth-order valence-corrected chi connectivity index (χ4v) is 3.02. The molecule has 0 saturated heterocycles. The number of nitrogen functional groups attached to an aromatic ring is 1. The minimum absolute atomic E-state index is 0.0511. The van der Waals surface area contributed by atoms with Gasteiger partial charge in [-0.2, -0.15) is 0 Å². The van der Waals surface area contributed by atoms with E-state index in [2.05, 4.69) is 33.9 Å². The summed E-state index contributed by atoms with van der Waals surface area (Å²) in [6.07, 6.45) is 0. The van der Waals surface area contributed by atoms with Gasteiger partial charge in [0.05, 0.1) is 0 Å². The minimum atomic E-state index is -2.01. The molecule has 0 aliphatic heterocycles. The monoisotopic (exact) mass is 345 g/mol. The normalized spacial score (nSPS) is 12.1. The van der Waals surface area contributed by atoms with Crippen LogP contribution in [-0.2, 0) is 0 Å². The first kappa shape index (κ1) is 18.2. The molecule has 3 nitrogen and oxygen atoms in total. The van der Waals surface area contributed by atoms with Crippen LogP contribution in [0.3, 0.4) is 0 Å². The Morgan fingerprint density at radius 1 is 1.08 bits per heavy atom. The van der Waals surface area contributed by atoms with Crippen molar-refractivity contribution in [1.82, 2.24) is 0 Å². The number of halogens is 1. The molecule has 0 radical (unpaired) electrons. The summed E-state index contributed by atoms with van der Waals surface area (Å²) < 4.78 is 19.3. The van der Waals surface area contributed by atoms with E-state index in [1.807, 2.05) is 0 Å². The van der Waals surface area contributed by atoms with Gasteiger partial charge in [0.25, 0.3) is 0 Å². The van der Waals surface area contributed by atoms with Crippen molar-refractivity contribution in [2.45, 2.75) is 38.9 Å². The van der Waals surface area contributed by atoms with Crippen LogP contribution in [0.15, 0.2) is 42.5 Å². The van der Waals surface area contributed by atoms with Crippen LogP contribution in [-0.4, -0.2) is 14.1 Å². The van der Waals surface area contributed by atoms with Crippen LogP contribution in [0.5, 0.6) is 5.75 Å². The summed E-state index contributed by atoms with van der Waals surface area (Å²) in [4.78, 5) is 12.6. The van der Waals surface area contributed by atoms with E-state index in [4.69, 9.17) is 10.2 Å². The van der Waals surface area contributed by atoms with Gasteiger partial charge in [0, 0.05) is 16.8 Å². The van der Waals surface area contributed by atoms with E-state index in [9.17, 15) is 9.18 Å². The molecule has 2 aromatic rings. The summed E-state index contributed by atoms with van der Waals surface area (Å²) in [6.45, 7) is 10.7. The fourth-order valence-electron chi connectivity index (χ4n) is 2.00. The molecular weight excluding hydrogens is 321 g/mol. The lowest BCUT2D eigenvalue weighted by atomic mass is 10.0. The highest BCUT2D eigenvalue weighted by Crippen LogP contribution is 2.38. The predicted molar refractivity (Wildman–Crippen MR) is 98.5 cm³/mol. The molecule has 0 saturated carbocycles. The quantitative estimate of drug-likeness (QED) is 0.481. The number of carbonyl (C=O) groups excluding carboxylic acids is 1. The van der Waals surface area contributed by atoms with E-state index in [0.29, 0.717) is 22.6 Å². The van der Waals surface area contributed by atoms with Gasteiger partial charge in [-0.05, 0) is 60.6 Å². The Hall–Kier alpha value is -2.14. The third-order valence-electron chi connectivity index (χ3n) is 4.55. The SMILES string of the molecule is CC(C)(C)[Si](C)(C)Oc1ccc(N)c(C(=O)c2ccc(F)cc2)c1. The maximum atomic E-state index is 13.0. The molecule has 0 spiro atoms. The van der Waals surface area contributed by atoms with Crippen molar-refractivity contribution in [3.63, 3.8) is 0 Å². The molecule has 0 aromatic heterocycles. The van der Waals surface area contributed by atoms with Gasteiger partial charge in [-0.15, -0.1) is 0 Å². The molecule has 24 heavy (non-hydrogen) atoms. The van der Waals surface area contributed by atoms with E-state index < -0.39 is 8.32 Å². The van der Waals surface area contributed by atoms with Gasteiger partial charge in [0.15, 0.2) is 5.78 Å². The number of anilines is 1. The van der Waals surface area contributed by atoms with Gasteiger partial charge in [-0.1, -0.05) is 20.8 Å². The van der Waals surface area contributed by atoms with Crippen LogP contribution < -0.4 is 10.2 Å². The zero-order valence-electron chi connectivity index (χ0n) is 14.8. The second kappa shape index (κ2) is 6.40. The Balaban J connectivity index is 2.35. The number of carbonyl (C=O) groups is 1. The first-order chi connectivity index (χ1) is 11.0. The Labute approximate surface area is 143 Å². The fraction of sp³-hybridized carbons (Fsp3) is 0.316. The lowest BCUT2D eigenvalue weighted by Gasteiger charge is -2.36. The van der Waals surface area contributed by atoms with Crippen molar-refractivity contribution in [2.75, 3.05) is 5.73 Å². The van der Waals surface area contributed by atoms with E-state index in [-0.39, 0.29) is 16.6 Å². The molecule has 128 valence electrons. The van der Waals surface area contributed by atoms with Crippen molar-refractivity contribution in [1.29, 1.82) is 0 Å². The van der Waals surface area contributed by atoms with E-state index in [1.54, 1.807) is 18.2 Å². The highest BCUT2D eigenvalue weighted by Gasteiger charge is 2.39. The summed E-state index contributed by atoms with van der Waals surface area (Å²) in [7, 11) is -2.01. The third kappa shape index (κ3) is 3.84. The van der Waals surface area contributed by atoms with Gasteiger partial charge in [-0.3, -0.25) is 4.79 Å². The summed E-state index contributed by atoms with van der Waals surface area (Å²) >= 11 is 0.